The minimum atomic E-state index is 0.0919. The zero-order chi connectivity index (χ0) is 24.5. The Morgan fingerprint density at radius 3 is 2.30 bits per heavy atom. The van der Waals surface area contributed by atoms with Crippen molar-refractivity contribution in [1.82, 2.24) is 0 Å². The number of carbonyl (C=O) groups excluding carboxylic acids is 1. The Morgan fingerprint density at radius 2 is 1.82 bits per heavy atom. The van der Waals surface area contributed by atoms with Gasteiger partial charge in [0.05, 0.1) is 0 Å². The van der Waals surface area contributed by atoms with E-state index >= 15 is 0 Å². The van der Waals surface area contributed by atoms with Gasteiger partial charge in [0.2, 0.25) is 0 Å². The molecule has 2 atom stereocenters. The van der Waals surface area contributed by atoms with E-state index in [1.54, 1.807) is 6.92 Å². The maximum absolute atomic E-state index is 10.9. The van der Waals surface area contributed by atoms with E-state index in [1.807, 2.05) is 36.4 Å². The molecule has 0 saturated heterocycles. The fraction of sp³-hybridized carbons (Fsp3) is 0.516. The van der Waals surface area contributed by atoms with Crippen LogP contribution < -0.4 is 5.73 Å². The van der Waals surface area contributed by atoms with Gasteiger partial charge in [0.25, 0.3) is 0 Å². The van der Waals surface area contributed by atoms with E-state index in [4.69, 9.17) is 5.73 Å². The lowest BCUT2D eigenvalue weighted by atomic mass is 9.88. The second-order valence-corrected chi connectivity index (χ2v) is 9.65. The van der Waals surface area contributed by atoms with Crippen LogP contribution in [0.4, 0.5) is 0 Å². The van der Waals surface area contributed by atoms with Crippen molar-refractivity contribution in [2.24, 2.45) is 17.6 Å². The number of rotatable bonds is 11. The molecule has 1 saturated carbocycles. The molecule has 0 spiro atoms. The normalized spacial score (nSPS) is 16.2. The van der Waals surface area contributed by atoms with Gasteiger partial charge in [0, 0.05) is 12.5 Å². The quantitative estimate of drug-likeness (QED) is 0.272. The third-order valence-electron chi connectivity index (χ3n) is 6.20. The summed E-state index contributed by atoms with van der Waals surface area (Å²) < 4.78 is 0. The number of hydrogen-bond donors (Lipinski definition) is 1. The van der Waals surface area contributed by atoms with Crippen molar-refractivity contribution >= 4 is 11.9 Å². The molecule has 0 radical (unpaired) electrons. The van der Waals surface area contributed by atoms with Gasteiger partial charge in [-0.25, -0.2) is 0 Å². The fourth-order valence-corrected chi connectivity index (χ4v) is 3.47. The molecule has 1 aromatic carbocycles. The van der Waals surface area contributed by atoms with E-state index in [-0.39, 0.29) is 6.04 Å². The van der Waals surface area contributed by atoms with Crippen LogP contribution in [0.15, 0.2) is 72.9 Å². The smallest absolute Gasteiger partial charge is 0.129 e. The van der Waals surface area contributed by atoms with Crippen LogP contribution in [-0.2, 0) is 4.79 Å². The fourth-order valence-electron chi connectivity index (χ4n) is 3.47. The van der Waals surface area contributed by atoms with Gasteiger partial charge >= 0.3 is 0 Å². The van der Waals surface area contributed by atoms with Crippen molar-refractivity contribution in [2.45, 2.75) is 91.0 Å². The van der Waals surface area contributed by atoms with E-state index in [1.165, 1.54) is 36.0 Å². The van der Waals surface area contributed by atoms with E-state index in [0.29, 0.717) is 11.7 Å². The van der Waals surface area contributed by atoms with Crippen LogP contribution in [0.3, 0.4) is 0 Å². The van der Waals surface area contributed by atoms with Crippen molar-refractivity contribution in [2.75, 3.05) is 0 Å². The molecule has 0 bridgehead atoms. The van der Waals surface area contributed by atoms with E-state index in [2.05, 4.69) is 45.2 Å². The first-order valence-electron chi connectivity index (χ1n) is 12.8. The number of nitrogens with two attached hydrogens (primary N) is 1. The summed E-state index contributed by atoms with van der Waals surface area (Å²) in [6.45, 7) is 14.0. The molecule has 0 aromatic heterocycles. The lowest BCUT2D eigenvalue weighted by Gasteiger charge is -2.20. The topological polar surface area (TPSA) is 43.1 Å². The van der Waals surface area contributed by atoms with Crippen LogP contribution in [0.25, 0.3) is 6.08 Å². The Bertz CT molecular complexity index is 754. The van der Waals surface area contributed by atoms with Crippen molar-refractivity contribution in [3.8, 4) is 0 Å². The predicted molar refractivity (Wildman–Crippen MR) is 146 cm³/mol. The van der Waals surface area contributed by atoms with Crippen molar-refractivity contribution < 1.29 is 4.79 Å². The van der Waals surface area contributed by atoms with Gasteiger partial charge in [0.15, 0.2) is 0 Å². The van der Waals surface area contributed by atoms with Crippen LogP contribution in [0.1, 0.15) is 90.5 Å². The van der Waals surface area contributed by atoms with E-state index < -0.39 is 0 Å². The zero-order valence-corrected chi connectivity index (χ0v) is 21.4. The van der Waals surface area contributed by atoms with Crippen molar-refractivity contribution in [3.63, 3.8) is 0 Å². The number of hydrogen-bond acceptors (Lipinski definition) is 2. The Hall–Kier alpha value is -2.19. The molecule has 182 valence electrons. The molecule has 2 nitrogen and oxygen atoms in total. The summed E-state index contributed by atoms with van der Waals surface area (Å²) in [5, 5.41) is 0. The number of allylic oxidation sites excluding steroid dienone is 2. The Balaban J connectivity index is 0.000000364. The maximum Gasteiger partial charge on any atom is 0.129 e. The third-order valence-corrected chi connectivity index (χ3v) is 6.20. The SMILES string of the molecule is C=C(CC(N)C1=CCCC=C1)C(C)CCCCCC(C)=O.C=Cc1ccccc1.CC1CC1. The van der Waals surface area contributed by atoms with Gasteiger partial charge in [0.1, 0.15) is 5.78 Å². The molecule has 2 heteroatoms. The number of carbonyl (C=O) groups is 1. The van der Waals surface area contributed by atoms with Gasteiger partial charge in [-0.1, -0.05) is 113 Å². The third kappa shape index (κ3) is 15.3. The largest absolute Gasteiger partial charge is 0.324 e. The summed E-state index contributed by atoms with van der Waals surface area (Å²) >= 11 is 0. The molecule has 3 rings (SSSR count). The average molecular weight is 450 g/mol. The number of Topliss-reactive ketones (excluding diaryl/α,β-unsaturated/α-hetero) is 1. The Kier molecular flexibility index (Phi) is 15.1. The minimum absolute atomic E-state index is 0.0919. The molecule has 0 heterocycles. The van der Waals surface area contributed by atoms with Crippen LogP contribution >= 0.6 is 0 Å². The standard InChI is InChI=1S/C19H31NO.C8H8.C4H8/c1-15(10-6-4-7-11-17(3)21)16(2)14-19(20)18-12-8-5-9-13-18;1-2-8-6-4-3-5-7-8;1-4-2-3-4/h8,12-13,15,19H,2,4-7,9-11,14,20H2,1,3H3;2-7H,1H2;4H,2-3H2,1H3. The number of unbranched alkanes of at least 4 members (excludes halogenated alkanes) is 2. The molecule has 0 aliphatic heterocycles. The molecule has 2 N–H and O–H groups in total. The molecule has 1 aromatic rings. The molecule has 0 amide bonds. The highest BCUT2D eigenvalue weighted by atomic mass is 16.1. The molecule has 2 unspecified atom stereocenters. The summed E-state index contributed by atoms with van der Waals surface area (Å²) in [7, 11) is 0. The van der Waals surface area contributed by atoms with Gasteiger partial charge in [-0.15, -0.1) is 0 Å². The predicted octanol–water partition coefficient (Wildman–Crippen LogP) is 8.46. The summed E-state index contributed by atoms with van der Waals surface area (Å²) in [6, 6.07) is 10.1. The highest BCUT2D eigenvalue weighted by molar-refractivity contribution is 5.75. The number of benzene rings is 1. The van der Waals surface area contributed by atoms with Crippen LogP contribution in [0, 0.1) is 11.8 Å². The second-order valence-electron chi connectivity index (χ2n) is 9.65. The zero-order valence-electron chi connectivity index (χ0n) is 21.4. The van der Waals surface area contributed by atoms with Crippen molar-refractivity contribution in [1.29, 1.82) is 0 Å². The highest BCUT2D eigenvalue weighted by Gasteiger charge is 2.14. The molecular weight excluding hydrogens is 402 g/mol. The van der Waals surface area contributed by atoms with Gasteiger partial charge < -0.3 is 10.5 Å². The first-order chi connectivity index (χ1) is 15.8. The van der Waals surface area contributed by atoms with Crippen LogP contribution in [0.2, 0.25) is 0 Å². The van der Waals surface area contributed by atoms with Crippen LogP contribution in [-0.4, -0.2) is 11.8 Å². The lowest BCUT2D eigenvalue weighted by Crippen LogP contribution is -2.24. The first-order valence-corrected chi connectivity index (χ1v) is 12.8. The molecule has 2 aliphatic rings. The van der Waals surface area contributed by atoms with E-state index in [0.717, 1.165) is 50.9 Å². The van der Waals surface area contributed by atoms with E-state index in [9.17, 15) is 4.79 Å². The molecular formula is C31H47NO. The Morgan fingerprint density at radius 1 is 1.15 bits per heavy atom. The molecule has 2 aliphatic carbocycles. The lowest BCUT2D eigenvalue weighted by molar-refractivity contribution is -0.117. The summed E-state index contributed by atoms with van der Waals surface area (Å²) in [5.74, 6) is 1.90. The van der Waals surface area contributed by atoms with Gasteiger partial charge in [-0.3, -0.25) is 0 Å². The summed E-state index contributed by atoms with van der Waals surface area (Å²) in [6.07, 6.45) is 19.7. The minimum Gasteiger partial charge on any atom is -0.324 e. The second kappa shape index (κ2) is 17.3. The first kappa shape index (κ1) is 28.8. The highest BCUT2D eigenvalue weighted by Crippen LogP contribution is 2.26. The summed E-state index contributed by atoms with van der Waals surface area (Å²) in [5.41, 5.74) is 9.97. The van der Waals surface area contributed by atoms with Gasteiger partial charge in [-0.05, 0) is 62.0 Å². The van der Waals surface area contributed by atoms with Crippen LogP contribution in [0.5, 0.6) is 0 Å². The van der Waals surface area contributed by atoms with Gasteiger partial charge in [-0.2, -0.15) is 0 Å². The number of ketones is 1. The maximum atomic E-state index is 10.9. The summed E-state index contributed by atoms with van der Waals surface area (Å²) in [4.78, 5) is 10.9. The average Bonchev–Trinajstić information content (AvgIpc) is 3.62. The monoisotopic (exact) mass is 449 g/mol. The Labute approximate surface area is 203 Å². The molecule has 33 heavy (non-hydrogen) atoms. The molecule has 1 fully saturated rings. The van der Waals surface area contributed by atoms with Crippen molar-refractivity contribution in [3.05, 3.63) is 78.4 Å².